The Balaban J connectivity index is 1.42. The molecule has 3 aliphatic heterocycles. The van der Waals surface area contributed by atoms with Gasteiger partial charge < -0.3 is 14.4 Å². The van der Waals surface area contributed by atoms with Gasteiger partial charge in [-0.25, -0.2) is 4.90 Å². The Morgan fingerprint density at radius 3 is 2.20 bits per heavy atom. The molecule has 0 radical (unpaired) electrons. The molecule has 3 aliphatic rings. The summed E-state index contributed by atoms with van der Waals surface area (Å²) in [4.78, 5) is 58.3. The van der Waals surface area contributed by atoms with Crippen LogP contribution < -0.4 is 14.4 Å². The van der Waals surface area contributed by atoms with Gasteiger partial charge in [0, 0.05) is 22.9 Å². The van der Waals surface area contributed by atoms with Gasteiger partial charge in [0.2, 0.25) is 11.8 Å². The number of hydrogen-bond donors (Lipinski definition) is 0. The Morgan fingerprint density at radius 1 is 0.829 bits per heavy atom. The van der Waals surface area contributed by atoms with E-state index in [4.69, 9.17) is 9.47 Å². The van der Waals surface area contributed by atoms with Crippen molar-refractivity contribution in [2.24, 2.45) is 11.8 Å². The average Bonchev–Trinajstić information content (AvgIpc) is 3.48. The largest absolute Gasteiger partial charge is 0.497 e. The Bertz CT molecular complexity index is 1630. The fourth-order valence-corrected chi connectivity index (χ4v) is 6.47. The van der Waals surface area contributed by atoms with Crippen molar-refractivity contribution in [1.29, 1.82) is 0 Å². The van der Waals surface area contributed by atoms with Crippen molar-refractivity contribution < 1.29 is 28.7 Å². The number of nitrogens with zero attached hydrogens (tertiary/aromatic N) is 2. The van der Waals surface area contributed by atoms with E-state index < -0.39 is 35.7 Å². The molecule has 3 heterocycles. The van der Waals surface area contributed by atoms with Gasteiger partial charge in [-0.2, -0.15) is 0 Å². The quantitative estimate of drug-likeness (QED) is 0.278. The normalized spacial score (nSPS) is 22.8. The number of allylic oxidation sites excluding steroid dienone is 2. The predicted octanol–water partition coefficient (Wildman–Crippen LogP) is 4.84. The van der Waals surface area contributed by atoms with Crippen molar-refractivity contribution in [3.8, 4) is 11.5 Å². The highest BCUT2D eigenvalue weighted by atomic mass is 79.9. The van der Waals surface area contributed by atoms with Gasteiger partial charge in [-0.1, -0.05) is 36.4 Å². The average molecular weight is 613 g/mol. The molecule has 0 bridgehead atoms. The van der Waals surface area contributed by atoms with Gasteiger partial charge in [0.05, 0.1) is 42.3 Å². The van der Waals surface area contributed by atoms with Crippen LogP contribution in [0.15, 0.2) is 101 Å². The highest BCUT2D eigenvalue weighted by molar-refractivity contribution is 9.10. The van der Waals surface area contributed by atoms with Crippen molar-refractivity contribution >= 4 is 45.0 Å². The van der Waals surface area contributed by atoms with Crippen LogP contribution in [0, 0.1) is 11.8 Å². The number of carbonyl (C=O) groups is 4. The molecule has 0 N–H and O–H groups in total. The van der Waals surface area contributed by atoms with Crippen LogP contribution in [0.2, 0.25) is 0 Å². The molecule has 0 saturated carbocycles. The second-order valence-electron chi connectivity index (χ2n) is 9.99. The molecule has 0 aromatic heterocycles. The number of ether oxygens (including phenoxy) is 2. The molecular weight excluding hydrogens is 588 g/mol. The second kappa shape index (κ2) is 10.5. The Morgan fingerprint density at radius 2 is 1.54 bits per heavy atom. The third-order valence-electron chi connectivity index (χ3n) is 7.88. The molecule has 2 fully saturated rings. The molecule has 6 rings (SSSR count). The predicted molar refractivity (Wildman–Crippen MR) is 155 cm³/mol. The zero-order valence-corrected chi connectivity index (χ0v) is 23.8. The summed E-state index contributed by atoms with van der Waals surface area (Å²) in [6.45, 7) is 0. The van der Waals surface area contributed by atoms with E-state index in [-0.39, 0.29) is 11.6 Å². The summed E-state index contributed by atoms with van der Waals surface area (Å²) >= 11 is 3.44. The van der Waals surface area contributed by atoms with Gasteiger partial charge in [-0.15, -0.1) is 0 Å². The Kier molecular flexibility index (Phi) is 6.83. The summed E-state index contributed by atoms with van der Waals surface area (Å²) < 4.78 is 11.1. The maximum Gasteiger partial charge on any atom is 0.240 e. The summed E-state index contributed by atoms with van der Waals surface area (Å²) in [7, 11) is 3.06. The van der Waals surface area contributed by atoms with Crippen molar-refractivity contribution in [2.45, 2.75) is 12.1 Å². The lowest BCUT2D eigenvalue weighted by atomic mass is 9.85. The third kappa shape index (κ3) is 4.37. The first-order valence-electron chi connectivity index (χ1n) is 13.0. The second-order valence-corrected chi connectivity index (χ2v) is 10.8. The number of imide groups is 1. The van der Waals surface area contributed by atoms with Gasteiger partial charge in [0.25, 0.3) is 0 Å². The van der Waals surface area contributed by atoms with Crippen LogP contribution in [-0.4, -0.2) is 54.6 Å². The molecule has 9 heteroatoms. The fourth-order valence-electron chi connectivity index (χ4n) is 5.93. The van der Waals surface area contributed by atoms with Crippen LogP contribution in [0.1, 0.15) is 20.7 Å². The van der Waals surface area contributed by atoms with E-state index in [0.717, 1.165) is 4.90 Å². The Labute approximate surface area is 245 Å². The zero-order chi connectivity index (χ0) is 28.8. The first-order valence-corrected chi connectivity index (χ1v) is 13.8. The lowest BCUT2D eigenvalue weighted by molar-refractivity contribution is -0.123. The number of anilines is 1. The first-order chi connectivity index (χ1) is 19.8. The first kappa shape index (κ1) is 26.7. The fraction of sp³-hybridized carbons (Fsp3) is 0.188. The van der Waals surface area contributed by atoms with Crippen LogP contribution >= 0.6 is 15.9 Å². The van der Waals surface area contributed by atoms with E-state index in [9.17, 15) is 19.2 Å². The molecule has 2 saturated heterocycles. The lowest BCUT2D eigenvalue weighted by Gasteiger charge is -2.33. The van der Waals surface area contributed by atoms with E-state index in [1.54, 1.807) is 90.0 Å². The molecule has 2 amide bonds. The number of carbonyl (C=O) groups excluding carboxylic acids is 4. The number of benzene rings is 3. The van der Waals surface area contributed by atoms with Gasteiger partial charge in [0.15, 0.2) is 11.6 Å². The number of halogens is 1. The minimum Gasteiger partial charge on any atom is -0.497 e. The van der Waals surface area contributed by atoms with Gasteiger partial charge in [-0.05, 0) is 64.5 Å². The monoisotopic (exact) mass is 612 g/mol. The summed E-state index contributed by atoms with van der Waals surface area (Å²) in [5, 5.41) is 0. The number of ketones is 2. The third-order valence-corrected chi connectivity index (χ3v) is 8.50. The van der Waals surface area contributed by atoms with Crippen LogP contribution in [0.3, 0.4) is 0 Å². The minimum absolute atomic E-state index is 0.198. The van der Waals surface area contributed by atoms with Gasteiger partial charge >= 0.3 is 0 Å². The zero-order valence-electron chi connectivity index (χ0n) is 22.2. The topological polar surface area (TPSA) is 93.2 Å². The lowest BCUT2D eigenvalue weighted by Crippen LogP contribution is -2.46. The van der Waals surface area contributed by atoms with Crippen molar-refractivity contribution in [3.63, 3.8) is 0 Å². The molecule has 4 atom stereocenters. The summed E-state index contributed by atoms with van der Waals surface area (Å²) in [5.41, 5.74) is 1.68. The van der Waals surface area contributed by atoms with Crippen LogP contribution in [-0.2, 0) is 9.59 Å². The summed E-state index contributed by atoms with van der Waals surface area (Å²) in [5.74, 6) is -2.03. The van der Waals surface area contributed by atoms with Crippen LogP contribution in [0.4, 0.5) is 5.69 Å². The maximum absolute atomic E-state index is 14.1. The molecule has 41 heavy (non-hydrogen) atoms. The van der Waals surface area contributed by atoms with Gasteiger partial charge in [0.1, 0.15) is 17.5 Å². The number of rotatable bonds is 7. The summed E-state index contributed by atoms with van der Waals surface area (Å²) in [6.07, 6.45) is 5.03. The summed E-state index contributed by atoms with van der Waals surface area (Å²) in [6, 6.07) is 18.8. The van der Waals surface area contributed by atoms with E-state index in [1.165, 1.54) is 14.2 Å². The maximum atomic E-state index is 14.1. The number of hydrogen-bond acceptors (Lipinski definition) is 7. The van der Waals surface area contributed by atoms with E-state index >= 15 is 0 Å². The molecule has 0 aliphatic carbocycles. The van der Waals surface area contributed by atoms with Crippen LogP contribution in [0.5, 0.6) is 11.5 Å². The van der Waals surface area contributed by atoms with Crippen molar-refractivity contribution in [1.82, 2.24) is 4.90 Å². The molecule has 0 unspecified atom stereocenters. The smallest absolute Gasteiger partial charge is 0.240 e. The minimum atomic E-state index is -0.953. The SMILES string of the molecule is COc1ccc(N2C(=O)[C@@H]3[C@H](C2=O)[C@H]2C=C(C(=O)c4ccccc4)C=CN2[C@@H]3C(=O)c2ccc(OC)c(Br)c2)cc1. The number of fused-ring (bicyclic) bond motifs is 3. The number of methoxy groups -OCH3 is 2. The Hall–Kier alpha value is -4.50. The molecule has 0 spiro atoms. The molecule has 3 aromatic carbocycles. The van der Waals surface area contributed by atoms with E-state index in [0.29, 0.717) is 38.4 Å². The standard InChI is InChI=1S/C32H25BrN2O6/c1-40-22-11-9-21(10-12-22)35-31(38)26-24-17-20(29(36)18-6-4-3-5-7-18)14-15-34(24)28(27(26)32(35)39)30(37)19-8-13-25(41-2)23(33)16-19/h3-17,24,26-28H,1-2H3/t24-,26-,27-,28+/m1/s1. The molecule has 8 nitrogen and oxygen atoms in total. The highest BCUT2D eigenvalue weighted by Gasteiger charge is 2.63. The molecular formula is C32H25BrN2O6. The van der Waals surface area contributed by atoms with Crippen molar-refractivity contribution in [3.05, 3.63) is 112 Å². The molecule has 206 valence electrons. The molecule has 3 aromatic rings. The van der Waals surface area contributed by atoms with Crippen LogP contribution in [0.25, 0.3) is 0 Å². The van der Waals surface area contributed by atoms with E-state index in [1.807, 2.05) is 6.07 Å². The number of amides is 2. The van der Waals surface area contributed by atoms with E-state index in [2.05, 4.69) is 15.9 Å². The highest BCUT2D eigenvalue weighted by Crippen LogP contribution is 2.47. The van der Waals surface area contributed by atoms with Gasteiger partial charge in [-0.3, -0.25) is 19.2 Å². The number of Topliss-reactive ketones (excluding diaryl/α,β-unsaturated/α-hetero) is 2. The van der Waals surface area contributed by atoms with Crippen molar-refractivity contribution in [2.75, 3.05) is 19.1 Å².